The van der Waals surface area contributed by atoms with E-state index >= 15 is 0 Å². The van der Waals surface area contributed by atoms with Gasteiger partial charge in [0.2, 0.25) is 11.8 Å². The summed E-state index contributed by atoms with van der Waals surface area (Å²) in [5, 5.41) is 14.1. The molecule has 5 nitrogen and oxygen atoms in total. The quantitative estimate of drug-likeness (QED) is 0.846. The Hall–Kier alpha value is -3.20. The van der Waals surface area contributed by atoms with E-state index in [9.17, 15) is 14.0 Å². The smallest absolute Gasteiger partial charge is 0.239 e. The molecule has 0 aromatic heterocycles. The molecular formula is C18H16FN3O2. The molecule has 2 rings (SSSR count). The minimum atomic E-state index is -1.36. The summed E-state index contributed by atoms with van der Waals surface area (Å²) in [7, 11) is 0. The molecular weight excluding hydrogens is 309 g/mol. The summed E-state index contributed by atoms with van der Waals surface area (Å²) >= 11 is 0. The Morgan fingerprint density at radius 1 is 1.00 bits per heavy atom. The van der Waals surface area contributed by atoms with Crippen molar-refractivity contribution < 1.29 is 14.0 Å². The molecule has 0 saturated heterocycles. The molecule has 2 aromatic rings. The summed E-state index contributed by atoms with van der Waals surface area (Å²) in [6.45, 7) is 2.96. The van der Waals surface area contributed by atoms with Crippen molar-refractivity contribution in [2.45, 2.75) is 13.8 Å². The third-order valence-electron chi connectivity index (χ3n) is 3.49. The van der Waals surface area contributed by atoms with E-state index in [4.69, 9.17) is 5.26 Å². The molecule has 0 saturated carbocycles. The second-order valence-corrected chi connectivity index (χ2v) is 5.73. The highest BCUT2D eigenvalue weighted by molar-refractivity contribution is 6.14. The minimum absolute atomic E-state index is 0.397. The number of halogens is 1. The number of amides is 2. The van der Waals surface area contributed by atoms with Crippen LogP contribution in [-0.4, -0.2) is 11.8 Å². The monoisotopic (exact) mass is 325 g/mol. The molecule has 6 heteroatoms. The van der Waals surface area contributed by atoms with Gasteiger partial charge < -0.3 is 10.6 Å². The first kappa shape index (κ1) is 17.2. The molecule has 2 aromatic carbocycles. The maximum Gasteiger partial charge on any atom is 0.239 e. The predicted molar refractivity (Wildman–Crippen MR) is 88.6 cm³/mol. The van der Waals surface area contributed by atoms with Gasteiger partial charge in [-0.25, -0.2) is 4.39 Å². The number of rotatable bonds is 4. The molecule has 24 heavy (non-hydrogen) atoms. The lowest BCUT2D eigenvalue weighted by atomic mass is 9.90. The summed E-state index contributed by atoms with van der Waals surface area (Å²) in [6, 6.07) is 13.6. The van der Waals surface area contributed by atoms with Gasteiger partial charge in [0.1, 0.15) is 11.2 Å². The van der Waals surface area contributed by atoms with E-state index in [1.54, 1.807) is 18.2 Å². The summed E-state index contributed by atoms with van der Waals surface area (Å²) in [4.78, 5) is 24.8. The van der Waals surface area contributed by atoms with Gasteiger partial charge >= 0.3 is 0 Å². The van der Waals surface area contributed by atoms with E-state index in [-0.39, 0.29) is 0 Å². The van der Waals surface area contributed by atoms with Crippen LogP contribution in [-0.2, 0) is 9.59 Å². The lowest BCUT2D eigenvalue weighted by Gasteiger charge is -2.22. The number of nitrogens with zero attached hydrogens (tertiary/aromatic N) is 1. The molecule has 0 aliphatic heterocycles. The molecule has 0 spiro atoms. The zero-order valence-corrected chi connectivity index (χ0v) is 13.3. The molecule has 122 valence electrons. The number of nitrogens with one attached hydrogen (secondary N) is 2. The first-order chi connectivity index (χ1) is 11.3. The Morgan fingerprint density at radius 3 is 2.17 bits per heavy atom. The number of carbonyl (C=O) groups excluding carboxylic acids is 2. The predicted octanol–water partition coefficient (Wildman–Crippen LogP) is 3.30. The number of carbonyl (C=O) groups is 2. The van der Waals surface area contributed by atoms with Crippen LogP contribution in [0.5, 0.6) is 0 Å². The summed E-state index contributed by atoms with van der Waals surface area (Å²) in [6.07, 6.45) is 0. The fourth-order valence-corrected chi connectivity index (χ4v) is 1.88. The topological polar surface area (TPSA) is 82.0 Å². The Labute approximate surface area is 139 Å². The van der Waals surface area contributed by atoms with Gasteiger partial charge in [-0.2, -0.15) is 5.26 Å². The minimum Gasteiger partial charge on any atom is -0.325 e. The normalized spacial score (nSPS) is 10.6. The number of hydrogen-bond acceptors (Lipinski definition) is 3. The third-order valence-corrected chi connectivity index (χ3v) is 3.49. The van der Waals surface area contributed by atoms with E-state index in [1.165, 1.54) is 44.2 Å². The summed E-state index contributed by atoms with van der Waals surface area (Å²) in [5.74, 6) is -1.46. The molecule has 0 fully saturated rings. The van der Waals surface area contributed by atoms with Gasteiger partial charge in [0.05, 0.1) is 11.6 Å². The second kappa shape index (κ2) is 6.92. The molecule has 0 heterocycles. The molecule has 0 unspecified atom stereocenters. The van der Waals surface area contributed by atoms with Gasteiger partial charge in [0, 0.05) is 11.4 Å². The van der Waals surface area contributed by atoms with Crippen molar-refractivity contribution in [2.24, 2.45) is 5.41 Å². The van der Waals surface area contributed by atoms with Crippen molar-refractivity contribution in [3.63, 3.8) is 0 Å². The lowest BCUT2D eigenvalue weighted by Crippen LogP contribution is -2.41. The van der Waals surface area contributed by atoms with Crippen LogP contribution in [0.3, 0.4) is 0 Å². The van der Waals surface area contributed by atoms with Crippen LogP contribution >= 0.6 is 0 Å². The van der Waals surface area contributed by atoms with E-state index in [0.717, 1.165) is 0 Å². The molecule has 0 aliphatic carbocycles. The van der Waals surface area contributed by atoms with Gasteiger partial charge in [0.25, 0.3) is 0 Å². The van der Waals surface area contributed by atoms with Crippen molar-refractivity contribution in [3.8, 4) is 6.07 Å². The summed E-state index contributed by atoms with van der Waals surface area (Å²) < 4.78 is 12.9. The Morgan fingerprint density at radius 2 is 1.58 bits per heavy atom. The molecule has 2 amide bonds. The highest BCUT2D eigenvalue weighted by atomic mass is 19.1. The van der Waals surface area contributed by atoms with Crippen LogP contribution in [0.2, 0.25) is 0 Å². The molecule has 0 atom stereocenters. The van der Waals surface area contributed by atoms with Gasteiger partial charge in [-0.1, -0.05) is 6.07 Å². The van der Waals surface area contributed by atoms with Gasteiger partial charge in [-0.15, -0.1) is 0 Å². The number of nitriles is 1. The third kappa shape index (κ3) is 3.96. The van der Waals surface area contributed by atoms with Gasteiger partial charge in [-0.3, -0.25) is 9.59 Å². The summed E-state index contributed by atoms with van der Waals surface area (Å²) in [5.41, 5.74) is -0.131. The van der Waals surface area contributed by atoms with Crippen molar-refractivity contribution in [1.82, 2.24) is 0 Å². The molecule has 0 bridgehead atoms. The average molecular weight is 325 g/mol. The fourth-order valence-electron chi connectivity index (χ4n) is 1.88. The number of anilines is 2. The second-order valence-electron chi connectivity index (χ2n) is 5.73. The van der Waals surface area contributed by atoms with Crippen molar-refractivity contribution in [2.75, 3.05) is 10.6 Å². The maximum absolute atomic E-state index is 12.9. The average Bonchev–Trinajstić information content (AvgIpc) is 2.57. The SMILES string of the molecule is CC(C)(C(=O)Nc1ccc(F)cc1)C(=O)Nc1cccc(C#N)c1. The first-order valence-electron chi connectivity index (χ1n) is 7.21. The van der Waals surface area contributed by atoms with E-state index in [0.29, 0.717) is 16.9 Å². The standard InChI is InChI=1S/C18H16FN3O2/c1-18(2,16(23)21-14-8-6-13(19)7-9-14)17(24)22-15-5-3-4-12(10-15)11-20/h3-10H,1-2H3,(H,21,23)(H,22,24). The van der Waals surface area contributed by atoms with Crippen LogP contribution in [0, 0.1) is 22.6 Å². The molecule has 0 radical (unpaired) electrons. The lowest BCUT2D eigenvalue weighted by molar-refractivity contribution is -0.135. The number of benzene rings is 2. The van der Waals surface area contributed by atoms with E-state index in [1.807, 2.05) is 6.07 Å². The molecule has 0 aliphatic rings. The van der Waals surface area contributed by atoms with Crippen molar-refractivity contribution >= 4 is 23.2 Å². The van der Waals surface area contributed by atoms with Crippen LogP contribution in [0.1, 0.15) is 19.4 Å². The zero-order chi connectivity index (χ0) is 17.7. The Kier molecular flexibility index (Phi) is 4.95. The largest absolute Gasteiger partial charge is 0.325 e. The van der Waals surface area contributed by atoms with Crippen LogP contribution < -0.4 is 10.6 Å². The maximum atomic E-state index is 12.9. The van der Waals surface area contributed by atoms with Gasteiger partial charge in [-0.05, 0) is 56.3 Å². The van der Waals surface area contributed by atoms with Crippen LogP contribution in [0.15, 0.2) is 48.5 Å². The molecule has 2 N–H and O–H groups in total. The first-order valence-corrected chi connectivity index (χ1v) is 7.21. The highest BCUT2D eigenvalue weighted by Gasteiger charge is 2.36. The van der Waals surface area contributed by atoms with E-state index in [2.05, 4.69) is 10.6 Å². The fraction of sp³-hybridized carbons (Fsp3) is 0.167. The Balaban J connectivity index is 2.09. The number of hydrogen-bond donors (Lipinski definition) is 2. The van der Waals surface area contributed by atoms with Gasteiger partial charge in [0.15, 0.2) is 0 Å². The highest BCUT2D eigenvalue weighted by Crippen LogP contribution is 2.22. The van der Waals surface area contributed by atoms with Crippen LogP contribution in [0.4, 0.5) is 15.8 Å². The van der Waals surface area contributed by atoms with Crippen molar-refractivity contribution in [1.29, 1.82) is 5.26 Å². The zero-order valence-electron chi connectivity index (χ0n) is 13.3. The van der Waals surface area contributed by atoms with E-state index < -0.39 is 23.0 Å². The van der Waals surface area contributed by atoms with Crippen LogP contribution in [0.25, 0.3) is 0 Å². The Bertz CT molecular complexity index is 808. The van der Waals surface area contributed by atoms with Crippen molar-refractivity contribution in [3.05, 3.63) is 59.9 Å².